The first kappa shape index (κ1) is 12.0. The first-order chi connectivity index (χ1) is 8.08. The summed E-state index contributed by atoms with van der Waals surface area (Å²) in [6.07, 6.45) is 3.39. The maximum absolute atomic E-state index is 13.1. The lowest BCUT2D eigenvalue weighted by molar-refractivity contribution is 0.0980. The molecule has 0 fully saturated rings. The molecule has 2 rings (SSSR count). The fourth-order valence-corrected chi connectivity index (χ4v) is 1.95. The Morgan fingerprint density at radius 2 is 2.29 bits per heavy atom. The van der Waals surface area contributed by atoms with E-state index in [1.54, 1.807) is 30.1 Å². The van der Waals surface area contributed by atoms with Gasteiger partial charge < -0.3 is 4.57 Å². The van der Waals surface area contributed by atoms with Crippen LogP contribution in [0.25, 0.3) is 0 Å². The fourth-order valence-electron chi connectivity index (χ4n) is 1.57. The maximum Gasteiger partial charge on any atom is 0.202 e. The Morgan fingerprint density at radius 1 is 1.53 bits per heavy atom. The lowest BCUT2D eigenvalue weighted by Crippen LogP contribution is -2.10. The highest BCUT2D eigenvalue weighted by Crippen LogP contribution is 2.19. The summed E-state index contributed by atoms with van der Waals surface area (Å²) < 4.78 is 15.4. The van der Waals surface area contributed by atoms with Gasteiger partial charge in [0, 0.05) is 30.3 Å². The minimum Gasteiger partial charge on any atom is -0.332 e. The molecule has 0 aliphatic rings. The minimum atomic E-state index is -0.351. The maximum atomic E-state index is 13.1. The number of carbonyl (C=O) groups is 1. The topological polar surface area (TPSA) is 34.9 Å². The van der Waals surface area contributed by atoms with Gasteiger partial charge in [-0.05, 0) is 23.8 Å². The van der Waals surface area contributed by atoms with Crippen molar-refractivity contribution in [2.24, 2.45) is 7.05 Å². The van der Waals surface area contributed by atoms with Crippen molar-refractivity contribution in [2.75, 3.05) is 0 Å². The average molecular weight is 297 g/mol. The predicted molar refractivity (Wildman–Crippen MR) is 65.3 cm³/mol. The van der Waals surface area contributed by atoms with Gasteiger partial charge in [-0.15, -0.1) is 0 Å². The number of nitrogens with zero attached hydrogens (tertiary/aromatic N) is 2. The second-order valence-electron chi connectivity index (χ2n) is 3.70. The molecule has 0 bridgehead atoms. The number of Topliss-reactive ketones (excluding diaryl/α,β-unsaturated/α-hetero) is 1. The zero-order chi connectivity index (χ0) is 12.4. The highest BCUT2D eigenvalue weighted by Gasteiger charge is 2.13. The molecule has 3 nitrogen and oxygen atoms in total. The Kier molecular flexibility index (Phi) is 3.38. The van der Waals surface area contributed by atoms with Crippen LogP contribution in [0.15, 0.2) is 35.1 Å². The fraction of sp³-hybridized carbons (Fsp3) is 0.167. The van der Waals surface area contributed by atoms with Crippen LogP contribution in [0, 0.1) is 5.82 Å². The predicted octanol–water partition coefficient (Wildman–Crippen LogP) is 2.75. The smallest absolute Gasteiger partial charge is 0.202 e. The third-order valence-electron chi connectivity index (χ3n) is 2.43. The van der Waals surface area contributed by atoms with E-state index < -0.39 is 0 Å². The number of benzene rings is 1. The van der Waals surface area contributed by atoms with Crippen LogP contribution in [0.5, 0.6) is 0 Å². The van der Waals surface area contributed by atoms with Crippen molar-refractivity contribution in [3.05, 3.63) is 52.3 Å². The summed E-state index contributed by atoms with van der Waals surface area (Å²) in [6, 6.07) is 4.29. The molecule has 17 heavy (non-hydrogen) atoms. The third-order valence-corrected chi connectivity index (χ3v) is 3.20. The van der Waals surface area contributed by atoms with Crippen molar-refractivity contribution in [1.82, 2.24) is 9.55 Å². The van der Waals surface area contributed by atoms with Crippen molar-refractivity contribution in [1.29, 1.82) is 0 Å². The van der Waals surface area contributed by atoms with Gasteiger partial charge in [0.25, 0.3) is 0 Å². The van der Waals surface area contributed by atoms with Gasteiger partial charge in [-0.2, -0.15) is 0 Å². The monoisotopic (exact) mass is 296 g/mol. The number of imidazole rings is 1. The van der Waals surface area contributed by atoms with Crippen molar-refractivity contribution < 1.29 is 9.18 Å². The SMILES string of the molecule is Cn1ccnc1C(=O)Cc1cc(F)ccc1Br. The quantitative estimate of drug-likeness (QED) is 0.817. The van der Waals surface area contributed by atoms with Crippen molar-refractivity contribution in [2.45, 2.75) is 6.42 Å². The Morgan fingerprint density at radius 3 is 2.94 bits per heavy atom. The molecule has 0 saturated carbocycles. The molecule has 2 aromatic rings. The molecular formula is C12H10BrFN2O. The van der Waals surface area contributed by atoms with Gasteiger partial charge in [-0.25, -0.2) is 9.37 Å². The van der Waals surface area contributed by atoms with Crippen LogP contribution in [-0.2, 0) is 13.5 Å². The molecule has 0 spiro atoms. The van der Waals surface area contributed by atoms with Crippen molar-refractivity contribution in [3.63, 3.8) is 0 Å². The highest BCUT2D eigenvalue weighted by molar-refractivity contribution is 9.10. The van der Waals surface area contributed by atoms with Crippen LogP contribution < -0.4 is 0 Å². The van der Waals surface area contributed by atoms with E-state index in [2.05, 4.69) is 20.9 Å². The molecular weight excluding hydrogens is 287 g/mol. The summed E-state index contributed by atoms with van der Waals surface area (Å²) in [5.74, 6) is -0.110. The van der Waals surface area contributed by atoms with Gasteiger partial charge in [0.05, 0.1) is 0 Å². The summed E-state index contributed by atoms with van der Waals surface area (Å²) in [5, 5.41) is 0. The number of halogens is 2. The zero-order valence-electron chi connectivity index (χ0n) is 9.15. The third kappa shape index (κ3) is 2.61. The van der Waals surface area contributed by atoms with Gasteiger partial charge in [-0.1, -0.05) is 15.9 Å². The summed E-state index contributed by atoms with van der Waals surface area (Å²) in [6.45, 7) is 0. The largest absolute Gasteiger partial charge is 0.332 e. The lowest BCUT2D eigenvalue weighted by Gasteiger charge is -2.04. The van der Waals surface area contributed by atoms with Gasteiger partial charge in [0.2, 0.25) is 5.78 Å². The first-order valence-corrected chi connectivity index (χ1v) is 5.81. The Balaban J connectivity index is 2.24. The van der Waals surface area contributed by atoms with Gasteiger partial charge in [0.1, 0.15) is 5.82 Å². The second-order valence-corrected chi connectivity index (χ2v) is 4.55. The molecule has 0 saturated heterocycles. The molecule has 0 aliphatic heterocycles. The number of hydrogen-bond acceptors (Lipinski definition) is 2. The van der Waals surface area contributed by atoms with E-state index in [1.165, 1.54) is 12.1 Å². The van der Waals surface area contributed by atoms with E-state index in [9.17, 15) is 9.18 Å². The number of aryl methyl sites for hydroxylation is 1. The van der Waals surface area contributed by atoms with E-state index in [0.29, 0.717) is 11.4 Å². The molecule has 0 atom stereocenters. The van der Waals surface area contributed by atoms with E-state index in [1.807, 2.05) is 0 Å². The van der Waals surface area contributed by atoms with Gasteiger partial charge in [-0.3, -0.25) is 4.79 Å². The minimum absolute atomic E-state index is 0.128. The van der Waals surface area contributed by atoms with Crippen LogP contribution >= 0.6 is 15.9 Å². The number of carbonyl (C=O) groups excluding carboxylic acids is 1. The van der Waals surface area contributed by atoms with E-state index >= 15 is 0 Å². The number of rotatable bonds is 3. The molecule has 0 amide bonds. The lowest BCUT2D eigenvalue weighted by atomic mass is 10.1. The van der Waals surface area contributed by atoms with Crippen LogP contribution in [0.1, 0.15) is 16.2 Å². The van der Waals surface area contributed by atoms with Crippen LogP contribution in [-0.4, -0.2) is 15.3 Å². The Hall–Kier alpha value is -1.49. The number of hydrogen-bond donors (Lipinski definition) is 0. The van der Waals surface area contributed by atoms with Crippen LogP contribution in [0.2, 0.25) is 0 Å². The van der Waals surface area contributed by atoms with Crippen LogP contribution in [0.3, 0.4) is 0 Å². The second kappa shape index (κ2) is 4.79. The number of aromatic nitrogens is 2. The van der Waals surface area contributed by atoms with Gasteiger partial charge in [0.15, 0.2) is 5.82 Å². The van der Waals surface area contributed by atoms with Crippen molar-refractivity contribution in [3.8, 4) is 0 Å². The molecule has 0 N–H and O–H groups in total. The summed E-state index contributed by atoms with van der Waals surface area (Å²) >= 11 is 3.29. The molecule has 5 heteroatoms. The first-order valence-electron chi connectivity index (χ1n) is 5.02. The van der Waals surface area contributed by atoms with E-state index in [4.69, 9.17) is 0 Å². The molecule has 1 heterocycles. The molecule has 1 aromatic carbocycles. The summed E-state index contributed by atoms with van der Waals surface area (Å²) in [4.78, 5) is 15.9. The molecule has 0 unspecified atom stereocenters. The van der Waals surface area contributed by atoms with Crippen LogP contribution in [0.4, 0.5) is 4.39 Å². The summed E-state index contributed by atoms with van der Waals surface area (Å²) in [7, 11) is 1.75. The van der Waals surface area contributed by atoms with Gasteiger partial charge >= 0.3 is 0 Å². The molecule has 88 valence electrons. The van der Waals surface area contributed by atoms with Crippen molar-refractivity contribution >= 4 is 21.7 Å². The molecule has 1 aromatic heterocycles. The van der Waals surface area contributed by atoms with E-state index in [0.717, 1.165) is 4.47 Å². The molecule has 0 radical (unpaired) electrons. The Bertz CT molecular complexity index is 565. The molecule has 0 aliphatic carbocycles. The highest BCUT2D eigenvalue weighted by atomic mass is 79.9. The van der Waals surface area contributed by atoms with E-state index in [-0.39, 0.29) is 18.0 Å². The zero-order valence-corrected chi connectivity index (χ0v) is 10.7. The summed E-state index contributed by atoms with van der Waals surface area (Å²) in [5.41, 5.74) is 0.623. The Labute approximate surface area is 106 Å². The number of ketones is 1. The average Bonchev–Trinajstić information content (AvgIpc) is 2.70. The standard InChI is InChI=1S/C12H10BrFN2O/c1-16-5-4-15-12(16)11(17)7-8-6-9(14)2-3-10(8)13/h2-6H,7H2,1H3. The normalized spacial score (nSPS) is 10.5.